The number of carbonyl (C=O) groups is 1. The number of halogens is 1. The van der Waals surface area contributed by atoms with Crippen molar-refractivity contribution in [2.75, 3.05) is 6.54 Å². The summed E-state index contributed by atoms with van der Waals surface area (Å²) >= 11 is 3.30. The molecule has 1 rings (SSSR count). The number of hydrogen-bond donors (Lipinski definition) is 2. The van der Waals surface area contributed by atoms with Crippen LogP contribution in [0.3, 0.4) is 0 Å². The van der Waals surface area contributed by atoms with Crippen LogP contribution in [0.4, 0.5) is 0 Å². The third-order valence-electron chi connectivity index (χ3n) is 2.81. The minimum atomic E-state index is -0.375. The van der Waals surface area contributed by atoms with Gasteiger partial charge in [0.15, 0.2) is 0 Å². The van der Waals surface area contributed by atoms with Crippen LogP contribution in [0, 0.1) is 12.3 Å². The fraction of sp³-hybridized carbons (Fsp3) is 0.571. The van der Waals surface area contributed by atoms with Crippen LogP contribution >= 0.6 is 15.9 Å². The Balaban J connectivity index is 2.65. The smallest absolute Gasteiger partial charge is 0.254 e. The number of aliphatic hydroxyl groups is 1. The molecule has 1 atom stereocenters. The number of hydrogen-bond acceptors (Lipinski definition) is 3. The molecule has 106 valence electrons. The number of carbonyl (C=O) groups excluding carboxylic acids is 1. The molecule has 1 amide bonds. The summed E-state index contributed by atoms with van der Waals surface area (Å²) in [4.78, 5) is 16.3. The van der Waals surface area contributed by atoms with Crippen molar-refractivity contribution < 1.29 is 9.90 Å². The highest BCUT2D eigenvalue weighted by atomic mass is 79.9. The lowest BCUT2D eigenvalue weighted by Gasteiger charge is -2.26. The van der Waals surface area contributed by atoms with E-state index in [1.165, 1.54) is 0 Å². The zero-order valence-electron chi connectivity index (χ0n) is 11.8. The molecule has 5 heteroatoms. The van der Waals surface area contributed by atoms with Crippen molar-refractivity contribution in [1.29, 1.82) is 0 Å². The van der Waals surface area contributed by atoms with E-state index < -0.39 is 0 Å². The molecule has 1 heterocycles. The number of pyridine rings is 1. The molecule has 1 unspecified atom stereocenters. The Bertz CT molecular complexity index is 459. The van der Waals surface area contributed by atoms with Crippen molar-refractivity contribution in [2.24, 2.45) is 5.41 Å². The van der Waals surface area contributed by atoms with Gasteiger partial charge in [-0.2, -0.15) is 0 Å². The van der Waals surface area contributed by atoms with Crippen molar-refractivity contribution in [3.8, 4) is 0 Å². The van der Waals surface area contributed by atoms with Gasteiger partial charge >= 0.3 is 0 Å². The zero-order valence-corrected chi connectivity index (χ0v) is 13.4. The Morgan fingerprint density at radius 2 is 2.16 bits per heavy atom. The Morgan fingerprint density at radius 3 is 2.68 bits per heavy atom. The first-order valence-corrected chi connectivity index (χ1v) is 7.10. The highest BCUT2D eigenvalue weighted by Crippen LogP contribution is 2.21. The highest BCUT2D eigenvalue weighted by molar-refractivity contribution is 9.10. The van der Waals surface area contributed by atoms with Crippen molar-refractivity contribution in [2.45, 2.75) is 40.2 Å². The molecule has 0 fully saturated rings. The average molecular weight is 329 g/mol. The second-order valence-electron chi connectivity index (χ2n) is 5.69. The molecule has 0 aromatic carbocycles. The molecule has 0 aliphatic rings. The maximum Gasteiger partial charge on any atom is 0.254 e. The van der Waals surface area contributed by atoms with Crippen LogP contribution in [0.2, 0.25) is 0 Å². The number of aliphatic hydroxyl groups excluding tert-OH is 1. The van der Waals surface area contributed by atoms with Gasteiger partial charge in [0.2, 0.25) is 0 Å². The minimum Gasteiger partial charge on any atom is -0.393 e. The van der Waals surface area contributed by atoms with Crippen molar-refractivity contribution in [3.63, 3.8) is 0 Å². The first-order valence-electron chi connectivity index (χ1n) is 6.31. The van der Waals surface area contributed by atoms with Gasteiger partial charge in [0, 0.05) is 12.2 Å². The molecule has 1 aromatic heterocycles. The maximum atomic E-state index is 12.1. The summed E-state index contributed by atoms with van der Waals surface area (Å²) in [7, 11) is 0. The van der Waals surface area contributed by atoms with Gasteiger partial charge in [0.1, 0.15) is 4.60 Å². The number of aromatic nitrogens is 1. The quantitative estimate of drug-likeness (QED) is 0.817. The van der Waals surface area contributed by atoms with E-state index in [0.29, 0.717) is 23.1 Å². The Morgan fingerprint density at radius 1 is 1.53 bits per heavy atom. The van der Waals surface area contributed by atoms with Crippen molar-refractivity contribution in [1.82, 2.24) is 10.3 Å². The van der Waals surface area contributed by atoms with Crippen LogP contribution < -0.4 is 5.32 Å². The second kappa shape index (κ2) is 6.48. The summed E-state index contributed by atoms with van der Waals surface area (Å²) in [5.74, 6) is -0.155. The molecule has 4 nitrogen and oxygen atoms in total. The molecule has 0 saturated heterocycles. The van der Waals surface area contributed by atoms with Gasteiger partial charge in [-0.05, 0) is 53.7 Å². The topological polar surface area (TPSA) is 62.2 Å². The molecule has 0 radical (unpaired) electrons. The fourth-order valence-electron chi connectivity index (χ4n) is 1.98. The van der Waals surface area contributed by atoms with Gasteiger partial charge in [-0.15, -0.1) is 0 Å². The van der Waals surface area contributed by atoms with Crippen LogP contribution in [-0.4, -0.2) is 28.6 Å². The third kappa shape index (κ3) is 5.28. The number of aryl methyl sites for hydroxylation is 1. The first kappa shape index (κ1) is 16.1. The maximum absolute atomic E-state index is 12.1. The molecule has 0 bridgehead atoms. The van der Waals surface area contributed by atoms with Crippen LogP contribution in [0.5, 0.6) is 0 Å². The zero-order chi connectivity index (χ0) is 14.6. The van der Waals surface area contributed by atoms with E-state index in [-0.39, 0.29) is 17.4 Å². The SMILES string of the molecule is Cc1ccc(C(=O)NCC(C)(C)CC(C)O)c(Br)n1. The van der Waals surface area contributed by atoms with Gasteiger partial charge in [-0.3, -0.25) is 4.79 Å². The van der Waals surface area contributed by atoms with E-state index in [4.69, 9.17) is 0 Å². The molecule has 19 heavy (non-hydrogen) atoms. The molecular formula is C14H21BrN2O2. The standard InChI is InChI=1S/C14H21BrN2O2/c1-9-5-6-11(12(15)17-9)13(19)16-8-14(3,4)7-10(2)18/h5-6,10,18H,7-8H2,1-4H3,(H,16,19). The molecule has 0 spiro atoms. The minimum absolute atomic E-state index is 0.144. The highest BCUT2D eigenvalue weighted by Gasteiger charge is 2.22. The predicted molar refractivity (Wildman–Crippen MR) is 79.1 cm³/mol. The van der Waals surface area contributed by atoms with Gasteiger partial charge in [0.05, 0.1) is 11.7 Å². The van der Waals surface area contributed by atoms with Crippen LogP contribution in [0.15, 0.2) is 16.7 Å². The Hall–Kier alpha value is -0.940. The molecular weight excluding hydrogens is 308 g/mol. The lowest BCUT2D eigenvalue weighted by molar-refractivity contribution is 0.0901. The third-order valence-corrected chi connectivity index (χ3v) is 3.41. The summed E-state index contributed by atoms with van der Waals surface area (Å²) in [6, 6.07) is 3.56. The fourth-order valence-corrected chi connectivity index (χ4v) is 2.57. The van der Waals surface area contributed by atoms with Crippen LogP contribution in [0.25, 0.3) is 0 Å². The number of nitrogens with zero attached hydrogens (tertiary/aromatic N) is 1. The first-order chi connectivity index (χ1) is 8.71. The molecule has 0 aliphatic carbocycles. The van der Waals surface area contributed by atoms with Gasteiger partial charge in [-0.1, -0.05) is 13.8 Å². The van der Waals surface area contributed by atoms with E-state index in [1.54, 1.807) is 19.1 Å². The van der Waals surface area contributed by atoms with Gasteiger partial charge in [0.25, 0.3) is 5.91 Å². The largest absolute Gasteiger partial charge is 0.393 e. The summed E-state index contributed by atoms with van der Waals surface area (Å²) in [6.07, 6.45) is 0.264. The number of amides is 1. The predicted octanol–water partition coefficient (Wildman–Crippen LogP) is 2.68. The second-order valence-corrected chi connectivity index (χ2v) is 6.44. The number of rotatable bonds is 5. The van der Waals surface area contributed by atoms with Crippen LogP contribution in [-0.2, 0) is 0 Å². The normalized spacial score (nSPS) is 13.2. The summed E-state index contributed by atoms with van der Waals surface area (Å²) in [5, 5.41) is 12.3. The molecule has 0 aliphatic heterocycles. The van der Waals surface area contributed by atoms with E-state index in [2.05, 4.69) is 26.2 Å². The van der Waals surface area contributed by atoms with Crippen molar-refractivity contribution in [3.05, 3.63) is 28.0 Å². The summed E-state index contributed by atoms with van der Waals surface area (Å²) < 4.78 is 0.554. The van der Waals surface area contributed by atoms with Crippen LogP contribution in [0.1, 0.15) is 43.2 Å². The summed E-state index contributed by atoms with van der Waals surface area (Å²) in [6.45, 7) is 8.17. The molecule has 1 aromatic rings. The average Bonchev–Trinajstić information content (AvgIpc) is 2.24. The summed E-state index contributed by atoms with van der Waals surface area (Å²) in [5.41, 5.74) is 1.24. The van der Waals surface area contributed by atoms with Crippen molar-refractivity contribution >= 4 is 21.8 Å². The van der Waals surface area contributed by atoms with E-state index >= 15 is 0 Å². The van der Waals surface area contributed by atoms with Gasteiger partial charge < -0.3 is 10.4 Å². The Kier molecular flexibility index (Phi) is 5.50. The van der Waals surface area contributed by atoms with Gasteiger partial charge in [-0.25, -0.2) is 4.98 Å². The number of nitrogens with one attached hydrogen (secondary N) is 1. The van der Waals surface area contributed by atoms with E-state index in [9.17, 15) is 9.90 Å². The Labute approximate surface area is 122 Å². The molecule has 2 N–H and O–H groups in total. The van der Waals surface area contributed by atoms with E-state index in [0.717, 1.165) is 5.69 Å². The molecule has 0 saturated carbocycles. The van der Waals surface area contributed by atoms with E-state index in [1.807, 2.05) is 20.8 Å². The monoisotopic (exact) mass is 328 g/mol. The lowest BCUT2D eigenvalue weighted by Crippen LogP contribution is -2.35. The lowest BCUT2D eigenvalue weighted by atomic mass is 9.87.